The van der Waals surface area contributed by atoms with Crippen LogP contribution < -0.4 is 5.32 Å². The number of hydrogen-bond acceptors (Lipinski definition) is 5. The number of nitrogens with one attached hydrogen (secondary N) is 1. The Morgan fingerprint density at radius 2 is 1.76 bits per heavy atom. The quantitative estimate of drug-likeness (QED) is 0.651. The molecular formula is C19H16N2O3S. The van der Waals surface area contributed by atoms with Gasteiger partial charge in [0.05, 0.1) is 11.6 Å². The van der Waals surface area contributed by atoms with E-state index in [-0.39, 0.29) is 23.6 Å². The van der Waals surface area contributed by atoms with Crippen LogP contribution in [0.25, 0.3) is 6.08 Å². The van der Waals surface area contributed by atoms with Crippen molar-refractivity contribution in [2.75, 3.05) is 12.0 Å². The summed E-state index contributed by atoms with van der Waals surface area (Å²) in [5, 5.41) is 2.72. The van der Waals surface area contributed by atoms with Gasteiger partial charge in [0, 0.05) is 11.3 Å². The van der Waals surface area contributed by atoms with Gasteiger partial charge in [-0.05, 0) is 54.6 Å². The maximum atomic E-state index is 12.4. The number of rotatable bonds is 5. The minimum Gasteiger partial charge on any atom is -0.367 e. The van der Waals surface area contributed by atoms with Crippen LogP contribution in [-0.2, 0) is 4.79 Å². The monoisotopic (exact) mass is 352 g/mol. The van der Waals surface area contributed by atoms with Gasteiger partial charge < -0.3 is 5.32 Å². The highest BCUT2D eigenvalue weighted by Gasteiger charge is 2.34. The first kappa shape index (κ1) is 17.0. The molecule has 0 atom stereocenters. The Hall–Kier alpha value is -2.86. The Bertz CT molecular complexity index is 845. The standard InChI is InChI=1S/C19H16N2O3S/c1-13(22)15-7-9-16(10-8-15)20-12-21-18(23)17(25-19(21)24)11-14-5-3-2-4-6-14/h2-11,20H,12H2,1H3/b17-11-. The Balaban J connectivity index is 1.67. The van der Waals surface area contributed by atoms with Gasteiger partial charge in [0.15, 0.2) is 5.78 Å². The summed E-state index contributed by atoms with van der Waals surface area (Å²) in [5.41, 5.74) is 2.22. The second-order valence-corrected chi connectivity index (χ2v) is 6.48. The lowest BCUT2D eigenvalue weighted by molar-refractivity contribution is -0.122. The predicted octanol–water partition coefficient (Wildman–Crippen LogP) is 4.00. The summed E-state index contributed by atoms with van der Waals surface area (Å²) in [7, 11) is 0. The number of imide groups is 1. The van der Waals surface area contributed by atoms with Crippen LogP contribution in [0.3, 0.4) is 0 Å². The molecule has 1 saturated heterocycles. The van der Waals surface area contributed by atoms with Crippen LogP contribution in [0.5, 0.6) is 0 Å². The van der Waals surface area contributed by atoms with E-state index in [1.165, 1.54) is 11.8 Å². The van der Waals surface area contributed by atoms with Gasteiger partial charge in [0.1, 0.15) is 0 Å². The molecule has 0 spiro atoms. The summed E-state index contributed by atoms with van der Waals surface area (Å²) >= 11 is 0.932. The van der Waals surface area contributed by atoms with E-state index in [9.17, 15) is 14.4 Å². The normalized spacial score (nSPS) is 15.7. The molecule has 0 bridgehead atoms. The Labute approximate surface area is 149 Å². The van der Waals surface area contributed by atoms with Gasteiger partial charge in [-0.1, -0.05) is 30.3 Å². The molecule has 1 aliphatic rings. The summed E-state index contributed by atoms with van der Waals surface area (Å²) < 4.78 is 0. The van der Waals surface area contributed by atoms with Crippen LogP contribution in [0.1, 0.15) is 22.8 Å². The molecule has 1 fully saturated rings. The van der Waals surface area contributed by atoms with Gasteiger partial charge in [-0.2, -0.15) is 0 Å². The number of amides is 2. The third kappa shape index (κ3) is 3.97. The maximum Gasteiger partial charge on any atom is 0.295 e. The number of carbonyl (C=O) groups excluding carboxylic acids is 3. The lowest BCUT2D eigenvalue weighted by Gasteiger charge is -2.14. The van der Waals surface area contributed by atoms with Crippen LogP contribution in [-0.4, -0.2) is 28.5 Å². The highest BCUT2D eigenvalue weighted by molar-refractivity contribution is 8.18. The van der Waals surface area contributed by atoms with Crippen LogP contribution in [0.15, 0.2) is 59.5 Å². The minimum atomic E-state index is -0.313. The fraction of sp³-hybridized carbons (Fsp3) is 0.105. The van der Waals surface area contributed by atoms with Crippen molar-refractivity contribution in [3.05, 3.63) is 70.6 Å². The lowest BCUT2D eigenvalue weighted by Crippen LogP contribution is -2.33. The van der Waals surface area contributed by atoms with Crippen molar-refractivity contribution in [1.29, 1.82) is 0 Å². The van der Waals surface area contributed by atoms with Crippen molar-refractivity contribution >= 4 is 40.5 Å². The van der Waals surface area contributed by atoms with Crippen LogP contribution in [0.2, 0.25) is 0 Å². The molecule has 1 aliphatic heterocycles. The lowest BCUT2D eigenvalue weighted by atomic mass is 10.1. The van der Waals surface area contributed by atoms with E-state index in [2.05, 4.69) is 5.32 Å². The molecule has 2 amide bonds. The third-order valence-corrected chi connectivity index (χ3v) is 4.61. The van der Waals surface area contributed by atoms with E-state index < -0.39 is 0 Å². The molecule has 2 aromatic rings. The zero-order valence-electron chi connectivity index (χ0n) is 13.6. The SMILES string of the molecule is CC(=O)c1ccc(NCN2C(=O)S/C(=C\c3ccccc3)C2=O)cc1. The van der Waals surface area contributed by atoms with E-state index >= 15 is 0 Å². The molecule has 0 aliphatic carbocycles. The first-order valence-corrected chi connectivity index (χ1v) is 8.51. The molecular weight excluding hydrogens is 336 g/mol. The summed E-state index contributed by atoms with van der Waals surface area (Å²) in [6.07, 6.45) is 1.71. The van der Waals surface area contributed by atoms with Crippen LogP contribution >= 0.6 is 11.8 Å². The Kier molecular flexibility index (Phi) is 5.00. The highest BCUT2D eigenvalue weighted by atomic mass is 32.2. The molecule has 0 aromatic heterocycles. The van der Waals surface area contributed by atoms with Crippen molar-refractivity contribution in [3.63, 3.8) is 0 Å². The predicted molar refractivity (Wildman–Crippen MR) is 99.2 cm³/mol. The smallest absolute Gasteiger partial charge is 0.295 e. The first-order chi connectivity index (χ1) is 12.0. The fourth-order valence-electron chi connectivity index (χ4n) is 2.33. The van der Waals surface area contributed by atoms with E-state index in [4.69, 9.17) is 0 Å². The minimum absolute atomic E-state index is 0.0106. The topological polar surface area (TPSA) is 66.5 Å². The van der Waals surface area contributed by atoms with E-state index in [0.717, 1.165) is 23.0 Å². The summed E-state index contributed by atoms with van der Waals surface area (Å²) in [6.45, 7) is 1.58. The number of carbonyl (C=O) groups is 3. The van der Waals surface area contributed by atoms with E-state index in [0.29, 0.717) is 10.5 Å². The number of Topliss-reactive ketones (excluding diaryl/α,β-unsaturated/α-hetero) is 1. The van der Waals surface area contributed by atoms with Crippen LogP contribution in [0, 0.1) is 0 Å². The molecule has 0 unspecified atom stereocenters. The second-order valence-electron chi connectivity index (χ2n) is 5.49. The van der Waals surface area contributed by atoms with Crippen molar-refractivity contribution in [3.8, 4) is 0 Å². The largest absolute Gasteiger partial charge is 0.367 e. The molecule has 6 heteroatoms. The van der Waals surface area contributed by atoms with Crippen molar-refractivity contribution in [2.45, 2.75) is 6.92 Å². The van der Waals surface area contributed by atoms with Crippen molar-refractivity contribution in [2.24, 2.45) is 0 Å². The van der Waals surface area contributed by atoms with Gasteiger partial charge in [-0.25, -0.2) is 0 Å². The molecule has 1 heterocycles. The maximum absolute atomic E-state index is 12.4. The Morgan fingerprint density at radius 3 is 2.40 bits per heavy atom. The van der Waals surface area contributed by atoms with Crippen molar-refractivity contribution < 1.29 is 14.4 Å². The zero-order valence-corrected chi connectivity index (χ0v) is 14.4. The van der Waals surface area contributed by atoms with Gasteiger partial charge in [-0.3, -0.25) is 19.3 Å². The molecule has 0 radical (unpaired) electrons. The number of nitrogens with zero attached hydrogens (tertiary/aromatic N) is 1. The van der Waals surface area contributed by atoms with E-state index in [1.807, 2.05) is 30.3 Å². The number of ketones is 1. The fourth-order valence-corrected chi connectivity index (χ4v) is 3.17. The molecule has 1 N–H and O–H groups in total. The summed E-state index contributed by atoms with van der Waals surface area (Å²) in [6, 6.07) is 16.3. The van der Waals surface area contributed by atoms with Gasteiger partial charge in [-0.15, -0.1) is 0 Å². The average Bonchev–Trinajstić information content (AvgIpc) is 2.88. The highest BCUT2D eigenvalue weighted by Crippen LogP contribution is 2.32. The van der Waals surface area contributed by atoms with Crippen molar-refractivity contribution in [1.82, 2.24) is 4.90 Å². The third-order valence-electron chi connectivity index (χ3n) is 3.70. The second kappa shape index (κ2) is 7.36. The zero-order chi connectivity index (χ0) is 17.8. The van der Waals surface area contributed by atoms with Gasteiger partial charge in [0.2, 0.25) is 0 Å². The number of anilines is 1. The first-order valence-electron chi connectivity index (χ1n) is 7.70. The molecule has 0 saturated carbocycles. The molecule has 3 rings (SSSR count). The summed E-state index contributed by atoms with van der Waals surface area (Å²) in [4.78, 5) is 37.4. The molecule has 5 nitrogen and oxygen atoms in total. The van der Waals surface area contributed by atoms with E-state index in [1.54, 1.807) is 30.3 Å². The number of hydrogen-bond donors (Lipinski definition) is 1. The number of benzene rings is 2. The van der Waals surface area contributed by atoms with Crippen LogP contribution in [0.4, 0.5) is 10.5 Å². The Morgan fingerprint density at radius 1 is 1.08 bits per heavy atom. The van der Waals surface area contributed by atoms with Gasteiger partial charge >= 0.3 is 0 Å². The molecule has 126 valence electrons. The number of thioether (sulfide) groups is 1. The average molecular weight is 352 g/mol. The summed E-state index contributed by atoms with van der Waals surface area (Å²) in [5.74, 6) is -0.324. The molecule has 2 aromatic carbocycles. The van der Waals surface area contributed by atoms with Gasteiger partial charge in [0.25, 0.3) is 11.1 Å². The molecule has 25 heavy (non-hydrogen) atoms.